The molecule has 0 aromatic rings. The summed E-state index contributed by atoms with van der Waals surface area (Å²) in [6.07, 6.45) is 3.40. The van der Waals surface area contributed by atoms with E-state index in [0.29, 0.717) is 13.1 Å². The van der Waals surface area contributed by atoms with Crippen LogP contribution in [0, 0.1) is 5.41 Å². The maximum atomic E-state index is 11.7. The van der Waals surface area contributed by atoms with Gasteiger partial charge in [-0.2, -0.15) is 0 Å². The quantitative estimate of drug-likeness (QED) is 0.714. The minimum absolute atomic E-state index is 0.133. The molecule has 5 nitrogen and oxygen atoms in total. The third kappa shape index (κ3) is 3.57. The summed E-state index contributed by atoms with van der Waals surface area (Å²) in [4.78, 5) is 24.8. The van der Waals surface area contributed by atoms with Gasteiger partial charge in [0.2, 0.25) is 5.91 Å². The Morgan fingerprint density at radius 1 is 1.56 bits per heavy atom. The number of amides is 1. The second-order valence-corrected chi connectivity index (χ2v) is 5.40. The number of carbonyl (C=O) groups excluding carboxylic acids is 1. The highest BCUT2D eigenvalue weighted by atomic mass is 16.4. The molecule has 0 radical (unpaired) electrons. The second kappa shape index (κ2) is 6.00. The molecule has 0 aromatic carbocycles. The van der Waals surface area contributed by atoms with Gasteiger partial charge >= 0.3 is 5.97 Å². The number of nitrogens with one attached hydrogen (secondary N) is 1. The van der Waals surface area contributed by atoms with Crippen molar-refractivity contribution in [2.45, 2.75) is 32.7 Å². The molecule has 1 saturated heterocycles. The van der Waals surface area contributed by atoms with E-state index in [2.05, 4.69) is 11.9 Å². The normalized spacial score (nSPS) is 23.3. The number of hydrogen-bond acceptors (Lipinski definition) is 3. The van der Waals surface area contributed by atoms with E-state index in [4.69, 9.17) is 0 Å². The van der Waals surface area contributed by atoms with Crippen molar-refractivity contribution in [2.24, 2.45) is 5.41 Å². The number of nitrogens with zero attached hydrogens (tertiary/aromatic N) is 1. The van der Waals surface area contributed by atoms with Crippen molar-refractivity contribution in [1.29, 1.82) is 0 Å². The fraction of sp³-hybridized carbons (Fsp3) is 0.692. The van der Waals surface area contributed by atoms with Crippen molar-refractivity contribution in [3.63, 3.8) is 0 Å². The molecule has 2 N–H and O–H groups in total. The lowest BCUT2D eigenvalue weighted by molar-refractivity contribution is -0.151. The smallest absolute Gasteiger partial charge is 0.321 e. The van der Waals surface area contributed by atoms with Crippen molar-refractivity contribution in [3.8, 4) is 0 Å². The van der Waals surface area contributed by atoms with Crippen LogP contribution in [-0.4, -0.2) is 47.6 Å². The summed E-state index contributed by atoms with van der Waals surface area (Å²) in [6, 6.07) is -0.597. The minimum atomic E-state index is -0.851. The van der Waals surface area contributed by atoms with Crippen molar-refractivity contribution in [3.05, 3.63) is 12.7 Å². The van der Waals surface area contributed by atoms with E-state index in [-0.39, 0.29) is 17.9 Å². The van der Waals surface area contributed by atoms with Crippen LogP contribution in [0.3, 0.4) is 0 Å². The van der Waals surface area contributed by atoms with Crippen LogP contribution in [0.4, 0.5) is 0 Å². The van der Waals surface area contributed by atoms with Crippen LogP contribution in [-0.2, 0) is 9.59 Å². The van der Waals surface area contributed by atoms with Gasteiger partial charge in [-0.1, -0.05) is 19.9 Å². The molecule has 102 valence electrons. The molecule has 18 heavy (non-hydrogen) atoms. The summed E-state index contributed by atoms with van der Waals surface area (Å²) >= 11 is 0. The molecule has 1 heterocycles. The first-order valence-corrected chi connectivity index (χ1v) is 6.23. The molecule has 0 aromatic heterocycles. The summed E-state index contributed by atoms with van der Waals surface area (Å²) < 4.78 is 0. The van der Waals surface area contributed by atoms with E-state index < -0.39 is 12.0 Å². The molecule has 1 aliphatic rings. The molecule has 1 amide bonds. The number of rotatable bonds is 5. The average Bonchev–Trinajstić information content (AvgIpc) is 2.24. The lowest BCUT2D eigenvalue weighted by Crippen LogP contribution is -2.56. The molecule has 0 aliphatic carbocycles. The molecule has 1 unspecified atom stereocenters. The minimum Gasteiger partial charge on any atom is -0.480 e. The van der Waals surface area contributed by atoms with Gasteiger partial charge in [-0.3, -0.25) is 14.5 Å². The molecule has 1 fully saturated rings. The Kier molecular flexibility index (Phi) is 4.90. The first-order chi connectivity index (χ1) is 8.38. The number of piperidine rings is 1. The molecule has 5 heteroatoms. The maximum Gasteiger partial charge on any atom is 0.321 e. The maximum absolute atomic E-state index is 11.7. The molecule has 1 atom stereocenters. The topological polar surface area (TPSA) is 69.6 Å². The second-order valence-electron chi connectivity index (χ2n) is 5.40. The highest BCUT2D eigenvalue weighted by molar-refractivity contribution is 5.80. The number of hydrogen-bond donors (Lipinski definition) is 2. The number of carboxylic acid groups (broad SMARTS) is 1. The van der Waals surface area contributed by atoms with Crippen molar-refractivity contribution < 1.29 is 14.7 Å². The van der Waals surface area contributed by atoms with Gasteiger partial charge < -0.3 is 10.4 Å². The highest BCUT2D eigenvalue weighted by Crippen LogP contribution is 2.34. The summed E-state index contributed by atoms with van der Waals surface area (Å²) in [5.41, 5.74) is -0.303. The van der Waals surface area contributed by atoms with Crippen molar-refractivity contribution in [2.75, 3.05) is 19.6 Å². The lowest BCUT2D eigenvalue weighted by atomic mass is 9.76. The Balaban J connectivity index is 2.69. The van der Waals surface area contributed by atoms with E-state index in [1.807, 2.05) is 13.8 Å². The van der Waals surface area contributed by atoms with Gasteiger partial charge in [0, 0.05) is 6.54 Å². The van der Waals surface area contributed by atoms with Crippen LogP contribution in [0.1, 0.15) is 26.7 Å². The Hall–Kier alpha value is -1.36. The van der Waals surface area contributed by atoms with Gasteiger partial charge in [0.15, 0.2) is 0 Å². The summed E-state index contributed by atoms with van der Waals surface area (Å²) in [5.74, 6) is -1.00. The first-order valence-electron chi connectivity index (χ1n) is 6.23. The van der Waals surface area contributed by atoms with Crippen molar-refractivity contribution in [1.82, 2.24) is 10.2 Å². The third-order valence-corrected chi connectivity index (χ3v) is 3.40. The SMILES string of the molecule is C=CCNC(=O)CN1CCCC(C)(C)C1C(=O)O. The number of carbonyl (C=O) groups is 2. The summed E-state index contributed by atoms with van der Waals surface area (Å²) in [6.45, 7) is 8.61. The van der Waals surface area contributed by atoms with Crippen LogP contribution < -0.4 is 5.32 Å². The lowest BCUT2D eigenvalue weighted by Gasteiger charge is -2.43. The Bertz CT molecular complexity index is 339. The average molecular weight is 254 g/mol. The van der Waals surface area contributed by atoms with Crippen LogP contribution >= 0.6 is 0 Å². The number of likely N-dealkylation sites (tertiary alicyclic amines) is 1. The van der Waals surface area contributed by atoms with Gasteiger partial charge in [-0.15, -0.1) is 6.58 Å². The molecule has 0 saturated carbocycles. The van der Waals surface area contributed by atoms with E-state index in [0.717, 1.165) is 12.8 Å². The van der Waals surface area contributed by atoms with E-state index in [1.165, 1.54) is 0 Å². The van der Waals surface area contributed by atoms with Crippen LogP contribution in [0.15, 0.2) is 12.7 Å². The zero-order valence-electron chi connectivity index (χ0n) is 11.1. The number of carboxylic acids is 1. The molecule has 1 aliphatic heterocycles. The number of aliphatic carboxylic acids is 1. The predicted molar refractivity (Wildman–Crippen MR) is 69.2 cm³/mol. The molecular formula is C13H22N2O3. The van der Waals surface area contributed by atoms with E-state index in [9.17, 15) is 14.7 Å². The van der Waals surface area contributed by atoms with Gasteiger partial charge in [0.25, 0.3) is 0 Å². The first kappa shape index (κ1) is 14.7. The van der Waals surface area contributed by atoms with Gasteiger partial charge in [0.1, 0.15) is 6.04 Å². The van der Waals surface area contributed by atoms with Crippen molar-refractivity contribution >= 4 is 11.9 Å². The van der Waals surface area contributed by atoms with Crippen LogP contribution in [0.25, 0.3) is 0 Å². The zero-order valence-corrected chi connectivity index (χ0v) is 11.1. The summed E-state index contributed by atoms with van der Waals surface area (Å²) in [7, 11) is 0. The standard InChI is InChI=1S/C13H22N2O3/c1-4-7-14-10(16)9-15-8-5-6-13(2,3)11(15)12(17)18/h4,11H,1,5-9H2,2-3H3,(H,14,16)(H,17,18). The fourth-order valence-corrected chi connectivity index (χ4v) is 2.58. The Morgan fingerprint density at radius 3 is 2.78 bits per heavy atom. The monoisotopic (exact) mass is 254 g/mol. The largest absolute Gasteiger partial charge is 0.480 e. The van der Waals surface area contributed by atoms with Crippen LogP contribution in [0.5, 0.6) is 0 Å². The highest BCUT2D eigenvalue weighted by Gasteiger charge is 2.42. The fourth-order valence-electron chi connectivity index (χ4n) is 2.58. The molecule has 1 rings (SSSR count). The van der Waals surface area contributed by atoms with Gasteiger partial charge in [-0.05, 0) is 24.8 Å². The molecule has 0 bridgehead atoms. The Labute approximate surface area is 108 Å². The van der Waals surface area contributed by atoms with E-state index in [1.54, 1.807) is 11.0 Å². The Morgan fingerprint density at radius 2 is 2.22 bits per heavy atom. The molecular weight excluding hydrogens is 232 g/mol. The van der Waals surface area contributed by atoms with E-state index >= 15 is 0 Å². The predicted octanol–water partition coefficient (Wildman–Crippen LogP) is 0.864. The van der Waals surface area contributed by atoms with Crippen LogP contribution in [0.2, 0.25) is 0 Å². The zero-order chi connectivity index (χ0) is 13.8. The molecule has 0 spiro atoms. The summed E-state index contributed by atoms with van der Waals surface area (Å²) in [5, 5.41) is 12.0. The third-order valence-electron chi connectivity index (χ3n) is 3.40. The van der Waals surface area contributed by atoms with Gasteiger partial charge in [0.05, 0.1) is 6.54 Å². The van der Waals surface area contributed by atoms with Gasteiger partial charge in [-0.25, -0.2) is 0 Å².